The SMILES string of the molecule is CCCCOC(=O)c1ccc(NC(=O)[C@@H]2CCCN(Cc3ccc(Cl)cc3)C2)cc1. The number of benzene rings is 2. The third-order valence-electron chi connectivity index (χ3n) is 5.31. The first-order valence-corrected chi connectivity index (χ1v) is 11.0. The van der Waals surface area contributed by atoms with Crippen molar-refractivity contribution in [3.8, 4) is 0 Å². The van der Waals surface area contributed by atoms with Gasteiger partial charge in [-0.3, -0.25) is 9.69 Å². The lowest BCUT2D eigenvalue weighted by atomic mass is 9.96. The van der Waals surface area contributed by atoms with Crippen LogP contribution in [0.4, 0.5) is 5.69 Å². The maximum absolute atomic E-state index is 12.8. The minimum atomic E-state index is -0.327. The molecule has 3 rings (SSSR count). The Morgan fingerprint density at radius 3 is 2.57 bits per heavy atom. The molecule has 0 aliphatic carbocycles. The number of nitrogens with one attached hydrogen (secondary N) is 1. The quantitative estimate of drug-likeness (QED) is 0.466. The number of piperidine rings is 1. The van der Waals surface area contributed by atoms with Crippen LogP contribution in [0.25, 0.3) is 0 Å². The summed E-state index contributed by atoms with van der Waals surface area (Å²) in [6.07, 6.45) is 3.71. The van der Waals surface area contributed by atoms with Crippen LogP contribution in [0, 0.1) is 5.92 Å². The second-order valence-corrected chi connectivity index (χ2v) is 8.19. The van der Waals surface area contributed by atoms with Gasteiger partial charge in [0.25, 0.3) is 0 Å². The van der Waals surface area contributed by atoms with Crippen LogP contribution in [-0.4, -0.2) is 36.5 Å². The van der Waals surface area contributed by atoms with Crippen LogP contribution in [-0.2, 0) is 16.1 Å². The molecule has 1 saturated heterocycles. The van der Waals surface area contributed by atoms with Crippen LogP contribution in [0.5, 0.6) is 0 Å². The molecule has 1 aliphatic rings. The van der Waals surface area contributed by atoms with E-state index in [0.717, 1.165) is 50.3 Å². The van der Waals surface area contributed by atoms with Crippen molar-refractivity contribution in [1.29, 1.82) is 0 Å². The predicted molar refractivity (Wildman–Crippen MR) is 120 cm³/mol. The number of carbonyl (C=O) groups excluding carboxylic acids is 2. The number of hydrogen-bond donors (Lipinski definition) is 1. The fraction of sp³-hybridized carbons (Fsp3) is 0.417. The number of unbranched alkanes of at least 4 members (excludes halogenated alkanes) is 1. The number of halogens is 1. The Labute approximate surface area is 183 Å². The van der Waals surface area contributed by atoms with E-state index >= 15 is 0 Å². The van der Waals surface area contributed by atoms with Gasteiger partial charge in [0, 0.05) is 23.8 Å². The number of hydrogen-bond acceptors (Lipinski definition) is 4. The summed E-state index contributed by atoms with van der Waals surface area (Å²) in [7, 11) is 0. The summed E-state index contributed by atoms with van der Waals surface area (Å²) in [5.41, 5.74) is 2.39. The molecule has 1 fully saturated rings. The van der Waals surface area contributed by atoms with E-state index in [4.69, 9.17) is 16.3 Å². The van der Waals surface area contributed by atoms with Gasteiger partial charge in [0.2, 0.25) is 5.91 Å². The number of ether oxygens (including phenoxy) is 1. The molecule has 0 radical (unpaired) electrons. The largest absolute Gasteiger partial charge is 0.462 e. The van der Waals surface area contributed by atoms with E-state index in [2.05, 4.69) is 17.1 Å². The number of anilines is 1. The zero-order valence-corrected chi connectivity index (χ0v) is 18.2. The van der Waals surface area contributed by atoms with E-state index in [1.165, 1.54) is 5.56 Å². The Kier molecular flexibility index (Phi) is 8.29. The minimum absolute atomic E-state index is 0.0223. The number of esters is 1. The van der Waals surface area contributed by atoms with Gasteiger partial charge in [-0.05, 0) is 67.8 Å². The van der Waals surface area contributed by atoms with Crippen LogP contribution >= 0.6 is 11.6 Å². The molecule has 1 aliphatic heterocycles. The van der Waals surface area contributed by atoms with Gasteiger partial charge in [-0.25, -0.2) is 4.79 Å². The summed E-state index contributed by atoms with van der Waals surface area (Å²) in [6, 6.07) is 14.7. The third-order valence-corrected chi connectivity index (χ3v) is 5.57. The van der Waals surface area contributed by atoms with Gasteiger partial charge in [0.15, 0.2) is 0 Å². The molecule has 1 amide bonds. The van der Waals surface area contributed by atoms with E-state index in [9.17, 15) is 9.59 Å². The Balaban J connectivity index is 1.51. The topological polar surface area (TPSA) is 58.6 Å². The van der Waals surface area contributed by atoms with E-state index < -0.39 is 0 Å². The first kappa shape index (κ1) is 22.3. The van der Waals surface area contributed by atoms with Crippen molar-refractivity contribution in [3.63, 3.8) is 0 Å². The van der Waals surface area contributed by atoms with E-state index in [0.29, 0.717) is 17.9 Å². The fourth-order valence-electron chi connectivity index (χ4n) is 3.59. The molecular formula is C24H29ClN2O3. The second kappa shape index (κ2) is 11.1. The van der Waals surface area contributed by atoms with Crippen LogP contribution in [0.1, 0.15) is 48.5 Å². The van der Waals surface area contributed by atoms with Gasteiger partial charge in [0.1, 0.15) is 0 Å². The molecule has 6 heteroatoms. The Morgan fingerprint density at radius 2 is 1.87 bits per heavy atom. The number of amides is 1. The monoisotopic (exact) mass is 428 g/mol. The van der Waals surface area contributed by atoms with Crippen LogP contribution in [0.3, 0.4) is 0 Å². The molecule has 0 aromatic heterocycles. The molecule has 2 aromatic rings. The zero-order valence-electron chi connectivity index (χ0n) is 17.4. The summed E-state index contributed by atoms with van der Waals surface area (Å²) >= 11 is 5.96. The molecule has 0 spiro atoms. The highest BCUT2D eigenvalue weighted by Crippen LogP contribution is 2.21. The lowest BCUT2D eigenvalue weighted by Gasteiger charge is -2.32. The average molecular weight is 429 g/mol. The summed E-state index contributed by atoms with van der Waals surface area (Å²) in [5, 5.41) is 3.72. The van der Waals surface area contributed by atoms with Crippen molar-refractivity contribution in [1.82, 2.24) is 4.90 Å². The number of carbonyl (C=O) groups is 2. The number of rotatable bonds is 8. The maximum atomic E-state index is 12.8. The normalized spacial score (nSPS) is 16.8. The van der Waals surface area contributed by atoms with Crippen molar-refractivity contribution < 1.29 is 14.3 Å². The highest BCUT2D eigenvalue weighted by Gasteiger charge is 2.26. The first-order chi connectivity index (χ1) is 14.5. The minimum Gasteiger partial charge on any atom is -0.462 e. The molecule has 5 nitrogen and oxygen atoms in total. The van der Waals surface area contributed by atoms with Crippen LogP contribution in [0.2, 0.25) is 5.02 Å². The van der Waals surface area contributed by atoms with Crippen LogP contribution in [0.15, 0.2) is 48.5 Å². The van der Waals surface area contributed by atoms with Gasteiger partial charge in [-0.2, -0.15) is 0 Å². The molecule has 1 heterocycles. The van der Waals surface area contributed by atoms with E-state index in [1.54, 1.807) is 24.3 Å². The Hall–Kier alpha value is -2.37. The molecule has 30 heavy (non-hydrogen) atoms. The highest BCUT2D eigenvalue weighted by atomic mass is 35.5. The van der Waals surface area contributed by atoms with Crippen LogP contribution < -0.4 is 5.32 Å². The predicted octanol–water partition coefficient (Wildman–Crippen LogP) is 5.15. The fourth-order valence-corrected chi connectivity index (χ4v) is 3.71. The number of likely N-dealkylation sites (tertiary alicyclic amines) is 1. The zero-order chi connectivity index (χ0) is 21.3. The van der Waals surface area contributed by atoms with Gasteiger partial charge in [-0.15, -0.1) is 0 Å². The van der Waals surface area contributed by atoms with Crippen molar-refractivity contribution >= 4 is 29.2 Å². The summed E-state index contributed by atoms with van der Waals surface area (Å²) in [6.45, 7) is 5.02. The molecule has 1 atom stereocenters. The van der Waals surface area contributed by atoms with Crippen molar-refractivity contribution in [2.45, 2.75) is 39.2 Å². The molecule has 0 saturated carbocycles. The average Bonchev–Trinajstić information content (AvgIpc) is 2.76. The van der Waals surface area contributed by atoms with Gasteiger partial charge < -0.3 is 10.1 Å². The Morgan fingerprint density at radius 1 is 1.13 bits per heavy atom. The summed E-state index contributed by atoms with van der Waals surface area (Å²) < 4.78 is 5.21. The van der Waals surface area contributed by atoms with Crippen molar-refractivity contribution in [2.24, 2.45) is 5.92 Å². The maximum Gasteiger partial charge on any atom is 0.338 e. The Bertz CT molecular complexity index is 837. The third kappa shape index (κ3) is 6.57. The standard InChI is InChI=1S/C24H29ClN2O3/c1-2-3-15-30-24(29)19-8-12-22(13-9-19)26-23(28)20-5-4-14-27(17-20)16-18-6-10-21(25)11-7-18/h6-13,20H,2-5,14-17H2,1H3,(H,26,28)/t20-/m1/s1. The van der Waals surface area contributed by atoms with E-state index in [1.807, 2.05) is 24.3 Å². The molecule has 1 N–H and O–H groups in total. The lowest BCUT2D eigenvalue weighted by Crippen LogP contribution is -2.40. The summed E-state index contributed by atoms with van der Waals surface area (Å²) in [4.78, 5) is 27.1. The highest BCUT2D eigenvalue weighted by molar-refractivity contribution is 6.30. The number of nitrogens with zero attached hydrogens (tertiary/aromatic N) is 1. The van der Waals surface area contributed by atoms with Crippen molar-refractivity contribution in [2.75, 3.05) is 25.0 Å². The smallest absolute Gasteiger partial charge is 0.338 e. The van der Waals surface area contributed by atoms with Gasteiger partial charge >= 0.3 is 5.97 Å². The van der Waals surface area contributed by atoms with Gasteiger partial charge in [0.05, 0.1) is 18.1 Å². The molecule has 2 aromatic carbocycles. The van der Waals surface area contributed by atoms with Crippen molar-refractivity contribution in [3.05, 3.63) is 64.7 Å². The molecule has 0 unspecified atom stereocenters. The molecule has 160 valence electrons. The van der Waals surface area contributed by atoms with E-state index in [-0.39, 0.29) is 17.8 Å². The second-order valence-electron chi connectivity index (χ2n) is 7.76. The summed E-state index contributed by atoms with van der Waals surface area (Å²) in [5.74, 6) is -0.356. The first-order valence-electron chi connectivity index (χ1n) is 10.6. The molecule has 0 bridgehead atoms. The molecular weight excluding hydrogens is 400 g/mol. The van der Waals surface area contributed by atoms with Gasteiger partial charge in [-0.1, -0.05) is 37.1 Å². The lowest BCUT2D eigenvalue weighted by molar-refractivity contribution is -0.121.